The number of carboxylic acids is 1. The molecule has 0 aromatic carbocycles. The Morgan fingerprint density at radius 3 is 1.82 bits per heavy atom. The van der Waals surface area contributed by atoms with Gasteiger partial charge in [0.25, 0.3) is 0 Å². The van der Waals surface area contributed by atoms with Gasteiger partial charge in [-0.15, -0.1) is 0 Å². The fourth-order valence-electron chi connectivity index (χ4n) is 5.71. The van der Waals surface area contributed by atoms with Crippen LogP contribution in [0.2, 0.25) is 0 Å². The van der Waals surface area contributed by atoms with Crippen molar-refractivity contribution in [3.8, 4) is 0 Å². The highest BCUT2D eigenvalue weighted by molar-refractivity contribution is 5.97. The van der Waals surface area contributed by atoms with E-state index >= 15 is 0 Å². The molecule has 5 nitrogen and oxygen atoms in total. The standard InChI is InChI=1S/C40H52O5/c1-27(17-19-33-31(5)35(41)21-23-39(33,7)8)14-12-16-30(4)26-38(44)45-36-22-24-40(9,10)34(32(36)6)20-18-28(2)13-11-15-29(3)25-37(42)43/h11-20,25-26,36H,21-24H2,1-10H3,(H,42,43). The summed E-state index contributed by atoms with van der Waals surface area (Å²) < 4.78 is 5.92. The van der Waals surface area contributed by atoms with E-state index in [1.54, 1.807) is 13.0 Å². The second-order valence-electron chi connectivity index (χ2n) is 13.6. The second kappa shape index (κ2) is 16.4. The lowest BCUT2D eigenvalue weighted by Crippen LogP contribution is -2.30. The van der Waals surface area contributed by atoms with Crippen LogP contribution in [-0.4, -0.2) is 28.9 Å². The molecule has 0 spiro atoms. The van der Waals surface area contributed by atoms with E-state index in [9.17, 15) is 14.4 Å². The average Bonchev–Trinajstić information content (AvgIpc) is 2.91. The first-order valence-electron chi connectivity index (χ1n) is 15.7. The Labute approximate surface area is 270 Å². The van der Waals surface area contributed by atoms with E-state index in [0.717, 1.165) is 58.3 Å². The van der Waals surface area contributed by atoms with Crippen LogP contribution >= 0.6 is 0 Å². The smallest absolute Gasteiger partial charge is 0.331 e. The van der Waals surface area contributed by atoms with Gasteiger partial charge in [-0.25, -0.2) is 9.59 Å². The van der Waals surface area contributed by atoms with Crippen molar-refractivity contribution in [3.63, 3.8) is 0 Å². The molecule has 0 saturated heterocycles. The zero-order valence-corrected chi connectivity index (χ0v) is 28.9. The Kier molecular flexibility index (Phi) is 13.5. The van der Waals surface area contributed by atoms with Crippen LogP contribution in [0.4, 0.5) is 0 Å². The normalized spacial score (nSPS) is 22.1. The first-order chi connectivity index (χ1) is 20.9. The molecule has 0 fully saturated rings. The van der Waals surface area contributed by atoms with E-state index in [-0.39, 0.29) is 28.7 Å². The monoisotopic (exact) mass is 612 g/mol. The summed E-state index contributed by atoms with van der Waals surface area (Å²) in [7, 11) is 0. The predicted octanol–water partition coefficient (Wildman–Crippen LogP) is 9.83. The van der Waals surface area contributed by atoms with Crippen molar-refractivity contribution in [2.75, 3.05) is 0 Å². The molecule has 242 valence electrons. The lowest BCUT2D eigenvalue weighted by Gasteiger charge is -2.36. The van der Waals surface area contributed by atoms with Gasteiger partial charge in [0.1, 0.15) is 6.10 Å². The molecule has 0 bridgehead atoms. The fraction of sp³-hybridized carbons (Fsp3) is 0.425. The molecule has 2 aliphatic rings. The Morgan fingerprint density at radius 2 is 1.27 bits per heavy atom. The molecule has 5 heteroatoms. The molecule has 0 aromatic rings. The number of carbonyl (C=O) groups excluding carboxylic acids is 2. The number of hydrogen-bond acceptors (Lipinski definition) is 4. The molecule has 0 aliphatic heterocycles. The van der Waals surface area contributed by atoms with Gasteiger partial charge in [0.05, 0.1) is 0 Å². The summed E-state index contributed by atoms with van der Waals surface area (Å²) in [5, 5.41) is 8.85. The summed E-state index contributed by atoms with van der Waals surface area (Å²) in [6, 6.07) is 0. The zero-order chi connectivity index (χ0) is 33.9. The number of hydrogen-bond donors (Lipinski definition) is 1. The third kappa shape index (κ3) is 11.8. The van der Waals surface area contributed by atoms with E-state index in [2.05, 4.69) is 39.8 Å². The largest absolute Gasteiger partial charge is 0.478 e. The lowest BCUT2D eigenvalue weighted by atomic mass is 9.71. The summed E-state index contributed by atoms with van der Waals surface area (Å²) in [5.41, 5.74) is 7.64. The number of carbonyl (C=O) groups is 3. The number of Topliss-reactive ketones (excluding diaryl/α,β-unsaturated/α-hetero) is 1. The molecule has 1 N–H and O–H groups in total. The minimum Gasteiger partial charge on any atom is -0.478 e. The molecule has 45 heavy (non-hydrogen) atoms. The SMILES string of the molecule is CC(C=CC1=C(C)C(=O)CCC1(C)C)=CC=CC(C)=CC(=O)OC1CCC(C)(C)C(C=CC(C)=CC=CC(C)=CC(=O)O)=C1C. The summed E-state index contributed by atoms with van der Waals surface area (Å²) in [5.74, 6) is -1.09. The summed E-state index contributed by atoms with van der Waals surface area (Å²) >= 11 is 0. The van der Waals surface area contributed by atoms with Crippen LogP contribution in [0.1, 0.15) is 94.9 Å². The van der Waals surface area contributed by atoms with E-state index in [0.29, 0.717) is 12.0 Å². The summed E-state index contributed by atoms with van der Waals surface area (Å²) in [6.45, 7) is 20.4. The maximum Gasteiger partial charge on any atom is 0.331 e. The van der Waals surface area contributed by atoms with E-state index in [1.165, 1.54) is 12.2 Å². The number of esters is 1. The number of allylic oxidation sites excluding steroid dienone is 17. The first-order valence-corrected chi connectivity index (χ1v) is 15.7. The number of ketones is 1. The van der Waals surface area contributed by atoms with Crippen molar-refractivity contribution in [1.29, 1.82) is 0 Å². The third-order valence-corrected chi connectivity index (χ3v) is 8.61. The van der Waals surface area contributed by atoms with Gasteiger partial charge in [-0.3, -0.25) is 4.79 Å². The molecule has 0 saturated carbocycles. The van der Waals surface area contributed by atoms with Gasteiger partial charge in [-0.1, -0.05) is 99.6 Å². The molecular weight excluding hydrogens is 560 g/mol. The lowest BCUT2D eigenvalue weighted by molar-refractivity contribution is -0.142. The minimum atomic E-state index is -0.962. The topological polar surface area (TPSA) is 80.7 Å². The molecule has 1 atom stereocenters. The van der Waals surface area contributed by atoms with Gasteiger partial charge in [-0.2, -0.15) is 0 Å². The van der Waals surface area contributed by atoms with Crippen LogP contribution in [0, 0.1) is 10.8 Å². The highest BCUT2D eigenvalue weighted by Gasteiger charge is 2.33. The van der Waals surface area contributed by atoms with Gasteiger partial charge in [0.2, 0.25) is 0 Å². The fourth-order valence-corrected chi connectivity index (χ4v) is 5.71. The van der Waals surface area contributed by atoms with Crippen molar-refractivity contribution < 1.29 is 24.2 Å². The van der Waals surface area contributed by atoms with Gasteiger partial charge in [0, 0.05) is 18.6 Å². The van der Waals surface area contributed by atoms with Crippen LogP contribution in [0.15, 0.2) is 117 Å². The second-order valence-corrected chi connectivity index (χ2v) is 13.6. The maximum atomic E-state index is 12.8. The van der Waals surface area contributed by atoms with Gasteiger partial charge in [0.15, 0.2) is 5.78 Å². The van der Waals surface area contributed by atoms with E-state index in [4.69, 9.17) is 9.84 Å². The molecule has 0 amide bonds. The van der Waals surface area contributed by atoms with Gasteiger partial charge < -0.3 is 9.84 Å². The van der Waals surface area contributed by atoms with Crippen molar-refractivity contribution >= 4 is 17.7 Å². The molecule has 2 aliphatic carbocycles. The number of aliphatic carboxylic acids is 1. The Hall–Kier alpha value is -3.99. The van der Waals surface area contributed by atoms with Crippen LogP contribution < -0.4 is 0 Å². The van der Waals surface area contributed by atoms with Gasteiger partial charge >= 0.3 is 11.9 Å². The highest BCUT2D eigenvalue weighted by atomic mass is 16.5. The summed E-state index contributed by atoms with van der Waals surface area (Å²) in [4.78, 5) is 35.8. The van der Waals surface area contributed by atoms with Crippen molar-refractivity contribution in [2.45, 2.75) is 101 Å². The molecule has 1 unspecified atom stereocenters. The summed E-state index contributed by atoms with van der Waals surface area (Å²) in [6.07, 6.45) is 25.1. The van der Waals surface area contributed by atoms with Crippen molar-refractivity contribution in [2.24, 2.45) is 10.8 Å². The minimum absolute atomic E-state index is 0.0145. The number of rotatable bonds is 11. The molecule has 0 radical (unpaired) electrons. The molecule has 2 rings (SSSR count). The van der Waals surface area contributed by atoms with Crippen molar-refractivity contribution in [1.82, 2.24) is 0 Å². The van der Waals surface area contributed by atoms with Crippen LogP contribution in [0.5, 0.6) is 0 Å². The Morgan fingerprint density at radius 1 is 0.756 bits per heavy atom. The number of carboxylic acid groups (broad SMARTS) is 1. The molecular formula is C40H52O5. The highest BCUT2D eigenvalue weighted by Crippen LogP contribution is 2.42. The number of ether oxygens (including phenoxy) is 1. The average molecular weight is 613 g/mol. The molecule has 0 aromatic heterocycles. The van der Waals surface area contributed by atoms with E-state index < -0.39 is 5.97 Å². The zero-order valence-electron chi connectivity index (χ0n) is 28.9. The maximum absolute atomic E-state index is 12.8. The molecule has 0 heterocycles. The predicted molar refractivity (Wildman–Crippen MR) is 186 cm³/mol. The van der Waals surface area contributed by atoms with Gasteiger partial charge in [-0.05, 0) is 105 Å². The van der Waals surface area contributed by atoms with E-state index in [1.807, 2.05) is 77.2 Å². The Balaban J connectivity index is 2.10. The Bertz CT molecular complexity index is 1470. The van der Waals surface area contributed by atoms with Crippen LogP contribution in [0.25, 0.3) is 0 Å². The first kappa shape index (κ1) is 37.2. The van der Waals surface area contributed by atoms with Crippen LogP contribution in [0.3, 0.4) is 0 Å². The third-order valence-electron chi connectivity index (χ3n) is 8.61. The quantitative estimate of drug-likeness (QED) is 0.143. The van der Waals surface area contributed by atoms with Crippen LogP contribution in [-0.2, 0) is 19.1 Å². The van der Waals surface area contributed by atoms with Crippen molar-refractivity contribution in [3.05, 3.63) is 117 Å².